The minimum atomic E-state index is -0.811. The standard InChI is InChI=1S/C17H23NO3/c1-11(2)13-4-6-14(7-5-13)16(19)18-9-12(3)8-15(10-18)17(20)21/h4-7,11-12,15H,8-10H2,1-3H3,(H,20,21). The number of nitrogens with zero attached hydrogens (tertiary/aromatic N) is 1. The number of carbonyl (C=O) groups is 2. The highest BCUT2D eigenvalue weighted by Crippen LogP contribution is 2.24. The van der Waals surface area contributed by atoms with E-state index in [4.69, 9.17) is 0 Å². The lowest BCUT2D eigenvalue weighted by Crippen LogP contribution is -2.45. The lowest BCUT2D eigenvalue weighted by Gasteiger charge is -2.34. The molecule has 1 fully saturated rings. The van der Waals surface area contributed by atoms with Crippen LogP contribution in [0, 0.1) is 11.8 Å². The highest BCUT2D eigenvalue weighted by molar-refractivity contribution is 5.94. The number of likely N-dealkylation sites (tertiary alicyclic amines) is 1. The van der Waals surface area contributed by atoms with Crippen molar-refractivity contribution in [1.29, 1.82) is 0 Å². The van der Waals surface area contributed by atoms with Gasteiger partial charge in [0.15, 0.2) is 0 Å². The highest BCUT2D eigenvalue weighted by Gasteiger charge is 2.32. The van der Waals surface area contributed by atoms with Gasteiger partial charge in [0, 0.05) is 18.7 Å². The fourth-order valence-electron chi connectivity index (χ4n) is 2.89. The Labute approximate surface area is 125 Å². The van der Waals surface area contributed by atoms with Gasteiger partial charge in [-0.2, -0.15) is 0 Å². The summed E-state index contributed by atoms with van der Waals surface area (Å²) in [5.74, 6) is -0.676. The Morgan fingerprint density at radius 2 is 1.81 bits per heavy atom. The molecule has 1 saturated heterocycles. The van der Waals surface area contributed by atoms with Crippen LogP contribution in [0.4, 0.5) is 0 Å². The molecule has 1 aromatic rings. The van der Waals surface area contributed by atoms with Crippen molar-refractivity contribution in [2.75, 3.05) is 13.1 Å². The maximum absolute atomic E-state index is 12.5. The van der Waals surface area contributed by atoms with Crippen LogP contribution >= 0.6 is 0 Å². The Kier molecular flexibility index (Phi) is 4.66. The Hall–Kier alpha value is -1.84. The van der Waals surface area contributed by atoms with Gasteiger partial charge in [-0.15, -0.1) is 0 Å². The van der Waals surface area contributed by atoms with Crippen molar-refractivity contribution in [2.45, 2.75) is 33.1 Å². The number of carboxylic acids is 1. The van der Waals surface area contributed by atoms with Crippen molar-refractivity contribution in [3.05, 3.63) is 35.4 Å². The van der Waals surface area contributed by atoms with Gasteiger partial charge < -0.3 is 10.0 Å². The molecule has 0 saturated carbocycles. The van der Waals surface area contributed by atoms with E-state index in [1.165, 1.54) is 5.56 Å². The zero-order chi connectivity index (χ0) is 15.6. The van der Waals surface area contributed by atoms with Gasteiger partial charge in [-0.05, 0) is 36.0 Å². The first-order valence-electron chi connectivity index (χ1n) is 7.50. The van der Waals surface area contributed by atoms with Gasteiger partial charge in [0.25, 0.3) is 5.91 Å². The van der Waals surface area contributed by atoms with Crippen LogP contribution in [-0.4, -0.2) is 35.0 Å². The number of amides is 1. The van der Waals surface area contributed by atoms with Gasteiger partial charge in [-0.3, -0.25) is 9.59 Å². The molecule has 1 N–H and O–H groups in total. The summed E-state index contributed by atoms with van der Waals surface area (Å²) in [7, 11) is 0. The third-order valence-corrected chi connectivity index (χ3v) is 4.12. The topological polar surface area (TPSA) is 57.6 Å². The van der Waals surface area contributed by atoms with Crippen molar-refractivity contribution in [2.24, 2.45) is 11.8 Å². The first kappa shape index (κ1) is 15.5. The summed E-state index contributed by atoms with van der Waals surface area (Å²) in [6, 6.07) is 7.62. The first-order chi connectivity index (χ1) is 9.88. The largest absolute Gasteiger partial charge is 0.481 e. The molecule has 1 aliphatic rings. The van der Waals surface area contributed by atoms with Crippen molar-refractivity contribution in [3.8, 4) is 0 Å². The monoisotopic (exact) mass is 289 g/mol. The normalized spacial score (nSPS) is 22.4. The first-order valence-corrected chi connectivity index (χ1v) is 7.50. The summed E-state index contributed by atoms with van der Waals surface area (Å²) < 4.78 is 0. The van der Waals surface area contributed by atoms with Gasteiger partial charge in [-0.1, -0.05) is 32.9 Å². The fourth-order valence-corrected chi connectivity index (χ4v) is 2.89. The van der Waals surface area contributed by atoms with E-state index in [2.05, 4.69) is 13.8 Å². The van der Waals surface area contributed by atoms with Crippen LogP contribution in [0.1, 0.15) is 49.0 Å². The van der Waals surface area contributed by atoms with Gasteiger partial charge in [0.1, 0.15) is 0 Å². The molecule has 0 aromatic heterocycles. The summed E-state index contributed by atoms with van der Waals surface area (Å²) in [6.07, 6.45) is 0.644. The zero-order valence-electron chi connectivity index (χ0n) is 12.9. The molecule has 4 nitrogen and oxygen atoms in total. The third-order valence-electron chi connectivity index (χ3n) is 4.12. The number of piperidine rings is 1. The van der Waals surface area contributed by atoms with E-state index in [1.54, 1.807) is 4.90 Å². The number of carboxylic acid groups (broad SMARTS) is 1. The van der Waals surface area contributed by atoms with E-state index >= 15 is 0 Å². The SMILES string of the molecule is CC1CC(C(=O)O)CN(C(=O)c2ccc(C(C)C)cc2)C1. The second-order valence-electron chi connectivity index (χ2n) is 6.36. The molecule has 1 amide bonds. The van der Waals surface area contributed by atoms with E-state index in [0.29, 0.717) is 31.0 Å². The molecule has 2 atom stereocenters. The number of aliphatic carboxylic acids is 1. The molecule has 2 unspecified atom stereocenters. The van der Waals surface area contributed by atoms with E-state index in [1.807, 2.05) is 31.2 Å². The summed E-state index contributed by atoms with van der Waals surface area (Å²) in [5, 5.41) is 9.19. The molecule has 4 heteroatoms. The van der Waals surface area contributed by atoms with E-state index in [9.17, 15) is 14.7 Å². The lowest BCUT2D eigenvalue weighted by atomic mass is 9.90. The summed E-state index contributed by atoms with van der Waals surface area (Å²) >= 11 is 0. The van der Waals surface area contributed by atoms with E-state index < -0.39 is 11.9 Å². The smallest absolute Gasteiger partial charge is 0.308 e. The Morgan fingerprint density at radius 1 is 1.19 bits per heavy atom. The molecule has 114 valence electrons. The Morgan fingerprint density at radius 3 is 2.33 bits per heavy atom. The molecular weight excluding hydrogens is 266 g/mol. The van der Waals surface area contributed by atoms with Crippen molar-refractivity contribution >= 4 is 11.9 Å². The van der Waals surface area contributed by atoms with Crippen molar-refractivity contribution in [1.82, 2.24) is 4.90 Å². The number of rotatable bonds is 3. The minimum absolute atomic E-state index is 0.0666. The van der Waals surface area contributed by atoms with Crippen LogP contribution in [0.5, 0.6) is 0 Å². The van der Waals surface area contributed by atoms with Crippen LogP contribution < -0.4 is 0 Å². The van der Waals surface area contributed by atoms with Crippen LogP contribution in [0.3, 0.4) is 0 Å². The predicted octanol–water partition coefficient (Wildman–Crippen LogP) is 2.99. The molecule has 1 aliphatic heterocycles. The lowest BCUT2D eigenvalue weighted by molar-refractivity contribution is -0.143. The fraction of sp³-hybridized carbons (Fsp3) is 0.529. The van der Waals surface area contributed by atoms with Crippen LogP contribution in [-0.2, 0) is 4.79 Å². The molecule has 0 bridgehead atoms. The Bertz CT molecular complexity index is 521. The van der Waals surface area contributed by atoms with Crippen LogP contribution in [0.2, 0.25) is 0 Å². The highest BCUT2D eigenvalue weighted by atomic mass is 16.4. The molecule has 1 aromatic carbocycles. The summed E-state index contributed by atoms with van der Waals surface area (Å²) in [6.45, 7) is 7.16. The molecule has 0 spiro atoms. The van der Waals surface area contributed by atoms with Gasteiger partial charge in [0.05, 0.1) is 5.92 Å². The van der Waals surface area contributed by atoms with Gasteiger partial charge >= 0.3 is 5.97 Å². The molecule has 1 heterocycles. The second-order valence-corrected chi connectivity index (χ2v) is 6.36. The van der Waals surface area contributed by atoms with Crippen LogP contribution in [0.25, 0.3) is 0 Å². The number of hydrogen-bond donors (Lipinski definition) is 1. The third kappa shape index (κ3) is 3.63. The second kappa shape index (κ2) is 6.29. The van der Waals surface area contributed by atoms with Crippen molar-refractivity contribution < 1.29 is 14.7 Å². The van der Waals surface area contributed by atoms with Crippen LogP contribution in [0.15, 0.2) is 24.3 Å². The minimum Gasteiger partial charge on any atom is -0.481 e. The molecule has 2 rings (SSSR count). The maximum Gasteiger partial charge on any atom is 0.308 e. The van der Waals surface area contributed by atoms with Gasteiger partial charge in [-0.25, -0.2) is 0 Å². The van der Waals surface area contributed by atoms with E-state index in [-0.39, 0.29) is 11.8 Å². The predicted molar refractivity (Wildman–Crippen MR) is 81.3 cm³/mol. The average molecular weight is 289 g/mol. The quantitative estimate of drug-likeness (QED) is 0.930. The van der Waals surface area contributed by atoms with Crippen molar-refractivity contribution in [3.63, 3.8) is 0 Å². The number of benzene rings is 1. The zero-order valence-corrected chi connectivity index (χ0v) is 12.9. The molecule has 0 radical (unpaired) electrons. The van der Waals surface area contributed by atoms with E-state index in [0.717, 1.165) is 0 Å². The molecular formula is C17H23NO3. The number of carbonyl (C=O) groups excluding carboxylic acids is 1. The van der Waals surface area contributed by atoms with Gasteiger partial charge in [0.2, 0.25) is 0 Å². The average Bonchev–Trinajstić information content (AvgIpc) is 2.45. The molecule has 21 heavy (non-hydrogen) atoms. The summed E-state index contributed by atoms with van der Waals surface area (Å²) in [4.78, 5) is 25.4. The number of hydrogen-bond acceptors (Lipinski definition) is 2. The Balaban J connectivity index is 2.13. The maximum atomic E-state index is 12.5. The molecule has 0 aliphatic carbocycles. The summed E-state index contributed by atoms with van der Waals surface area (Å²) in [5.41, 5.74) is 1.83.